The number of aryl methyl sites for hydroxylation is 1. The Morgan fingerprint density at radius 1 is 0.833 bits per heavy atom. The van der Waals surface area contributed by atoms with Gasteiger partial charge in [-0.3, -0.25) is 9.71 Å². The molecule has 1 aromatic heterocycles. The minimum atomic E-state index is -4.46. The van der Waals surface area contributed by atoms with Crippen molar-refractivity contribution >= 4 is 15.7 Å². The molecule has 0 saturated heterocycles. The molecular formula is C21H14F4N2O2S. The largest absolute Gasteiger partial charge is 0.274 e. The number of benzene rings is 2. The fraction of sp³-hybridized carbons (Fsp3) is 0.0952. The predicted octanol–water partition coefficient (Wildman–Crippen LogP) is 4.46. The number of hydrogen-bond acceptors (Lipinski definition) is 3. The van der Waals surface area contributed by atoms with Crippen LogP contribution in [0.15, 0.2) is 47.6 Å². The third-order valence-electron chi connectivity index (χ3n) is 4.07. The van der Waals surface area contributed by atoms with Crippen LogP contribution in [0.3, 0.4) is 0 Å². The summed E-state index contributed by atoms with van der Waals surface area (Å²) in [5, 5.41) is 0. The summed E-state index contributed by atoms with van der Waals surface area (Å²) in [6.45, 7) is 2.74. The van der Waals surface area contributed by atoms with E-state index in [2.05, 4.69) is 16.8 Å². The Morgan fingerprint density at radius 2 is 1.47 bits per heavy atom. The van der Waals surface area contributed by atoms with Gasteiger partial charge in [-0.05, 0) is 49.7 Å². The molecule has 3 rings (SSSR count). The van der Waals surface area contributed by atoms with Gasteiger partial charge in [-0.1, -0.05) is 11.8 Å². The van der Waals surface area contributed by atoms with Crippen molar-refractivity contribution in [1.29, 1.82) is 0 Å². The van der Waals surface area contributed by atoms with E-state index < -0.39 is 43.9 Å². The van der Waals surface area contributed by atoms with Crippen LogP contribution in [0.5, 0.6) is 0 Å². The molecule has 3 aromatic rings. The maximum Gasteiger partial charge on any atom is 0.262 e. The quantitative estimate of drug-likeness (QED) is 0.489. The molecule has 0 atom stereocenters. The first-order valence-corrected chi connectivity index (χ1v) is 9.96. The zero-order valence-electron chi connectivity index (χ0n) is 15.7. The van der Waals surface area contributed by atoms with Crippen LogP contribution in [0.1, 0.15) is 22.3 Å². The normalized spacial score (nSPS) is 11.0. The molecule has 0 radical (unpaired) electrons. The van der Waals surface area contributed by atoms with Crippen molar-refractivity contribution in [3.63, 3.8) is 0 Å². The van der Waals surface area contributed by atoms with Crippen molar-refractivity contribution in [2.24, 2.45) is 0 Å². The van der Waals surface area contributed by atoms with E-state index in [9.17, 15) is 26.0 Å². The van der Waals surface area contributed by atoms with Crippen molar-refractivity contribution < 1.29 is 26.0 Å². The Balaban J connectivity index is 1.95. The van der Waals surface area contributed by atoms with Gasteiger partial charge in [0.15, 0.2) is 11.6 Å². The Kier molecular flexibility index (Phi) is 5.80. The number of aromatic nitrogens is 1. The molecule has 0 amide bonds. The lowest BCUT2D eigenvalue weighted by molar-refractivity contribution is 0.579. The van der Waals surface area contributed by atoms with E-state index in [1.165, 1.54) is 26.1 Å². The summed E-state index contributed by atoms with van der Waals surface area (Å²) in [7, 11) is -4.46. The lowest BCUT2D eigenvalue weighted by Crippen LogP contribution is -2.17. The number of pyridine rings is 1. The monoisotopic (exact) mass is 434 g/mol. The van der Waals surface area contributed by atoms with Crippen LogP contribution < -0.4 is 4.72 Å². The van der Waals surface area contributed by atoms with Crippen LogP contribution in [0.2, 0.25) is 0 Å². The summed E-state index contributed by atoms with van der Waals surface area (Å²) in [5.41, 5.74) is -0.682. The topological polar surface area (TPSA) is 59.1 Å². The Morgan fingerprint density at radius 3 is 2.10 bits per heavy atom. The van der Waals surface area contributed by atoms with Crippen molar-refractivity contribution in [2.75, 3.05) is 4.72 Å². The van der Waals surface area contributed by atoms with Crippen molar-refractivity contribution in [2.45, 2.75) is 18.7 Å². The van der Waals surface area contributed by atoms with Gasteiger partial charge >= 0.3 is 0 Å². The Bertz CT molecular complexity index is 1290. The number of nitrogens with zero attached hydrogens (tertiary/aromatic N) is 1. The molecule has 154 valence electrons. The van der Waals surface area contributed by atoms with Crippen LogP contribution in [-0.4, -0.2) is 13.4 Å². The SMILES string of the molecule is Cc1cc(F)c(C)c(S(=O)(=O)Nc2c(F)cc(C#Cc3cncc(F)c3)cc2F)c1. The summed E-state index contributed by atoms with van der Waals surface area (Å²) in [6, 6.07) is 5.09. The van der Waals surface area contributed by atoms with E-state index >= 15 is 0 Å². The van der Waals surface area contributed by atoms with Gasteiger partial charge in [-0.15, -0.1) is 0 Å². The first kappa shape index (κ1) is 21.3. The molecule has 2 aromatic carbocycles. The van der Waals surface area contributed by atoms with E-state index in [1.54, 1.807) is 0 Å². The van der Waals surface area contributed by atoms with E-state index in [0.717, 1.165) is 30.5 Å². The number of hydrogen-bond donors (Lipinski definition) is 1. The molecule has 0 bridgehead atoms. The molecule has 0 fully saturated rings. The molecule has 0 saturated carbocycles. The summed E-state index contributed by atoms with van der Waals surface area (Å²) < 4.78 is 82.8. The van der Waals surface area contributed by atoms with Crippen molar-refractivity contribution in [3.05, 3.63) is 88.2 Å². The first-order chi connectivity index (χ1) is 14.1. The number of rotatable bonds is 3. The zero-order valence-corrected chi connectivity index (χ0v) is 16.5. The molecule has 0 unspecified atom stereocenters. The van der Waals surface area contributed by atoms with Gasteiger partial charge in [0.25, 0.3) is 10.0 Å². The highest BCUT2D eigenvalue weighted by atomic mass is 32.2. The third kappa shape index (κ3) is 4.60. The Hall–Kier alpha value is -3.38. The highest BCUT2D eigenvalue weighted by molar-refractivity contribution is 7.92. The highest BCUT2D eigenvalue weighted by Crippen LogP contribution is 2.27. The van der Waals surface area contributed by atoms with Crippen LogP contribution in [0.4, 0.5) is 23.2 Å². The molecule has 0 aliphatic carbocycles. The minimum absolute atomic E-state index is 0.102. The second-order valence-corrected chi connectivity index (χ2v) is 8.08. The average molecular weight is 434 g/mol. The fourth-order valence-electron chi connectivity index (χ4n) is 2.62. The molecular weight excluding hydrogens is 420 g/mol. The average Bonchev–Trinajstić information content (AvgIpc) is 2.66. The third-order valence-corrected chi connectivity index (χ3v) is 5.54. The zero-order chi connectivity index (χ0) is 22.1. The van der Waals surface area contributed by atoms with Gasteiger partial charge in [-0.2, -0.15) is 0 Å². The van der Waals surface area contributed by atoms with E-state index in [-0.39, 0.29) is 16.7 Å². The maximum atomic E-state index is 14.4. The lowest BCUT2D eigenvalue weighted by atomic mass is 10.1. The number of anilines is 1. The van der Waals surface area contributed by atoms with Crippen molar-refractivity contribution in [1.82, 2.24) is 4.98 Å². The second-order valence-electron chi connectivity index (χ2n) is 6.43. The lowest BCUT2D eigenvalue weighted by Gasteiger charge is -2.13. The molecule has 0 aliphatic rings. The van der Waals surface area contributed by atoms with Gasteiger partial charge in [0.2, 0.25) is 0 Å². The number of nitrogens with one attached hydrogen (secondary N) is 1. The van der Waals surface area contributed by atoms with Gasteiger partial charge in [0, 0.05) is 22.9 Å². The molecule has 0 spiro atoms. The molecule has 9 heteroatoms. The highest BCUT2D eigenvalue weighted by Gasteiger charge is 2.23. The van der Waals surface area contributed by atoms with Gasteiger partial charge in [-0.25, -0.2) is 26.0 Å². The smallest absolute Gasteiger partial charge is 0.262 e. The second kappa shape index (κ2) is 8.16. The van der Waals surface area contributed by atoms with Crippen LogP contribution in [0, 0.1) is 49.0 Å². The molecule has 0 aliphatic heterocycles. The molecule has 1 heterocycles. The fourth-order valence-corrected chi connectivity index (χ4v) is 4.03. The van der Waals surface area contributed by atoms with Crippen molar-refractivity contribution in [3.8, 4) is 11.8 Å². The standard InChI is InChI=1S/C21H14F4N2O2S/c1-12-5-17(23)13(2)20(6-12)30(28,29)27-21-18(24)8-14(9-19(21)25)3-4-15-7-16(22)11-26-10-15/h5-11,27H,1-2H3. The summed E-state index contributed by atoms with van der Waals surface area (Å²) >= 11 is 0. The first-order valence-electron chi connectivity index (χ1n) is 8.48. The van der Waals surface area contributed by atoms with Gasteiger partial charge < -0.3 is 0 Å². The van der Waals surface area contributed by atoms with E-state index in [4.69, 9.17) is 0 Å². The predicted molar refractivity (Wildman–Crippen MR) is 103 cm³/mol. The summed E-state index contributed by atoms with van der Waals surface area (Å²) in [6.07, 6.45) is 2.25. The minimum Gasteiger partial charge on any atom is -0.274 e. The molecule has 4 nitrogen and oxygen atoms in total. The Labute approximate surface area is 170 Å². The van der Waals surface area contributed by atoms with E-state index in [0.29, 0.717) is 5.56 Å². The van der Waals surface area contributed by atoms with E-state index in [1.807, 2.05) is 4.72 Å². The van der Waals surface area contributed by atoms with Gasteiger partial charge in [0.1, 0.15) is 17.3 Å². The number of halogens is 4. The summed E-state index contributed by atoms with van der Waals surface area (Å²) in [5.74, 6) is 1.15. The van der Waals surface area contributed by atoms with Gasteiger partial charge in [0.05, 0.1) is 11.1 Å². The molecule has 30 heavy (non-hydrogen) atoms. The molecule has 1 N–H and O–H groups in total. The van der Waals surface area contributed by atoms with Crippen LogP contribution in [-0.2, 0) is 10.0 Å². The number of sulfonamides is 1. The van der Waals surface area contributed by atoms with Crippen LogP contribution >= 0.6 is 0 Å². The van der Waals surface area contributed by atoms with Crippen LogP contribution in [0.25, 0.3) is 0 Å². The summed E-state index contributed by atoms with van der Waals surface area (Å²) in [4.78, 5) is 3.18. The maximum absolute atomic E-state index is 14.4.